The molecular formula is C27H28N2O2S. The number of hydrogen-bond acceptors (Lipinski definition) is 4. The van der Waals surface area contributed by atoms with E-state index in [-0.39, 0.29) is 5.91 Å². The van der Waals surface area contributed by atoms with Crippen molar-refractivity contribution < 1.29 is 9.53 Å². The van der Waals surface area contributed by atoms with E-state index in [9.17, 15) is 4.79 Å². The van der Waals surface area contributed by atoms with Crippen LogP contribution >= 0.6 is 11.3 Å². The van der Waals surface area contributed by atoms with Crippen molar-refractivity contribution in [2.75, 3.05) is 11.5 Å². The molecule has 164 valence electrons. The molecule has 0 radical (unpaired) electrons. The van der Waals surface area contributed by atoms with Gasteiger partial charge in [0.15, 0.2) is 5.13 Å². The maximum Gasteiger partial charge on any atom is 0.260 e. The molecule has 0 aliphatic rings. The number of amides is 1. The number of hydrogen-bond donors (Lipinski definition) is 0. The lowest BCUT2D eigenvalue weighted by Gasteiger charge is -2.20. The first-order valence-corrected chi connectivity index (χ1v) is 12.0. The van der Waals surface area contributed by atoms with Crippen molar-refractivity contribution in [2.24, 2.45) is 0 Å². The highest BCUT2D eigenvalue weighted by atomic mass is 32.1. The van der Waals surface area contributed by atoms with Crippen LogP contribution in [0.3, 0.4) is 0 Å². The summed E-state index contributed by atoms with van der Waals surface area (Å²) in [6, 6.07) is 23.7. The third-order valence-corrected chi connectivity index (χ3v) is 6.44. The fraction of sp³-hybridized carbons (Fsp3) is 0.259. The SMILES string of the molecule is CCCCOc1ccc(C(=O)N(Cc2ccccc2)c2nc3c(CC)cccc3s2)cc1. The lowest BCUT2D eigenvalue weighted by Crippen LogP contribution is -2.30. The van der Waals surface area contributed by atoms with Crippen molar-refractivity contribution >= 4 is 32.6 Å². The van der Waals surface area contributed by atoms with E-state index < -0.39 is 0 Å². The lowest BCUT2D eigenvalue weighted by molar-refractivity contribution is 0.0985. The van der Waals surface area contributed by atoms with Crippen LogP contribution < -0.4 is 9.64 Å². The summed E-state index contributed by atoms with van der Waals surface area (Å²) in [6.45, 7) is 5.42. The largest absolute Gasteiger partial charge is 0.494 e. The second-order valence-electron chi connectivity index (χ2n) is 7.72. The molecule has 0 N–H and O–H groups in total. The van der Waals surface area contributed by atoms with E-state index in [1.54, 1.807) is 16.2 Å². The van der Waals surface area contributed by atoms with E-state index in [2.05, 4.69) is 32.0 Å². The smallest absolute Gasteiger partial charge is 0.260 e. The molecule has 0 aliphatic carbocycles. The Balaban J connectivity index is 1.66. The van der Waals surface area contributed by atoms with Crippen LogP contribution in [-0.2, 0) is 13.0 Å². The number of anilines is 1. The van der Waals surface area contributed by atoms with E-state index >= 15 is 0 Å². The highest BCUT2D eigenvalue weighted by molar-refractivity contribution is 7.22. The molecule has 3 aromatic carbocycles. The zero-order valence-electron chi connectivity index (χ0n) is 18.6. The van der Waals surface area contributed by atoms with Crippen molar-refractivity contribution in [3.8, 4) is 5.75 Å². The second-order valence-corrected chi connectivity index (χ2v) is 8.73. The summed E-state index contributed by atoms with van der Waals surface area (Å²) in [7, 11) is 0. The molecule has 0 aliphatic heterocycles. The van der Waals surface area contributed by atoms with Crippen LogP contribution in [0.2, 0.25) is 0 Å². The molecule has 0 saturated carbocycles. The van der Waals surface area contributed by atoms with Crippen LogP contribution in [0.5, 0.6) is 5.75 Å². The van der Waals surface area contributed by atoms with E-state index in [1.165, 1.54) is 5.56 Å². The Bertz CT molecular complexity index is 1170. The fourth-order valence-corrected chi connectivity index (χ4v) is 4.58. The van der Waals surface area contributed by atoms with Gasteiger partial charge in [-0.25, -0.2) is 4.98 Å². The first-order valence-electron chi connectivity index (χ1n) is 11.2. The maximum absolute atomic E-state index is 13.6. The number of fused-ring (bicyclic) bond motifs is 1. The standard InChI is InChI=1S/C27H28N2O2S/c1-3-5-18-31-23-16-14-22(15-17-23)26(30)29(19-20-10-7-6-8-11-20)27-28-25-21(4-2)12-9-13-24(25)32-27/h6-17H,3-5,18-19H2,1-2H3. The number of carbonyl (C=O) groups is 1. The molecule has 1 aromatic heterocycles. The van der Waals surface area contributed by atoms with Gasteiger partial charge in [-0.3, -0.25) is 9.69 Å². The molecule has 0 saturated heterocycles. The van der Waals surface area contributed by atoms with Gasteiger partial charge >= 0.3 is 0 Å². The first kappa shape index (κ1) is 22.0. The number of rotatable bonds is 9. The zero-order valence-corrected chi connectivity index (χ0v) is 19.4. The van der Waals surface area contributed by atoms with E-state index in [4.69, 9.17) is 9.72 Å². The summed E-state index contributed by atoms with van der Waals surface area (Å²) in [5, 5.41) is 0.720. The second kappa shape index (κ2) is 10.4. The Morgan fingerprint density at radius 1 is 0.969 bits per heavy atom. The highest BCUT2D eigenvalue weighted by Gasteiger charge is 2.22. The van der Waals surface area contributed by atoms with Crippen LogP contribution in [0, 0.1) is 0 Å². The van der Waals surface area contributed by atoms with Crippen LogP contribution in [0.1, 0.15) is 48.2 Å². The monoisotopic (exact) mass is 444 g/mol. The predicted octanol–water partition coefficient (Wildman–Crippen LogP) is 6.88. The summed E-state index contributed by atoms with van der Waals surface area (Å²) < 4.78 is 6.85. The Labute approximate surface area is 193 Å². The van der Waals surface area contributed by atoms with Crippen molar-refractivity contribution in [1.82, 2.24) is 4.98 Å². The van der Waals surface area contributed by atoms with Crippen molar-refractivity contribution in [1.29, 1.82) is 0 Å². The minimum Gasteiger partial charge on any atom is -0.494 e. The number of para-hydroxylation sites is 1. The summed E-state index contributed by atoms with van der Waals surface area (Å²) in [5.74, 6) is 0.725. The average Bonchev–Trinajstić information content (AvgIpc) is 3.27. The lowest BCUT2D eigenvalue weighted by atomic mass is 10.1. The average molecular weight is 445 g/mol. The number of unbranched alkanes of at least 4 members (excludes halogenated alkanes) is 1. The molecule has 5 heteroatoms. The van der Waals surface area contributed by atoms with Crippen molar-refractivity contribution in [3.63, 3.8) is 0 Å². The number of benzene rings is 3. The Morgan fingerprint density at radius 3 is 2.47 bits per heavy atom. The summed E-state index contributed by atoms with van der Waals surface area (Å²) in [5.41, 5.74) is 3.88. The van der Waals surface area contributed by atoms with Gasteiger partial charge in [0, 0.05) is 5.56 Å². The third-order valence-electron chi connectivity index (χ3n) is 5.40. The van der Waals surface area contributed by atoms with E-state index in [0.29, 0.717) is 18.7 Å². The number of carbonyl (C=O) groups excluding carboxylic acids is 1. The zero-order chi connectivity index (χ0) is 22.3. The molecule has 4 rings (SSSR count). The van der Waals surface area contributed by atoms with Gasteiger partial charge in [0.05, 0.1) is 23.4 Å². The summed E-state index contributed by atoms with van der Waals surface area (Å²) in [4.78, 5) is 20.3. The van der Waals surface area contributed by atoms with Crippen molar-refractivity contribution in [2.45, 2.75) is 39.7 Å². The minimum atomic E-state index is -0.0638. The highest BCUT2D eigenvalue weighted by Crippen LogP contribution is 2.33. The van der Waals surface area contributed by atoms with Gasteiger partial charge in [0.1, 0.15) is 5.75 Å². The molecule has 1 heterocycles. The van der Waals surface area contributed by atoms with Gasteiger partial charge in [0.25, 0.3) is 5.91 Å². The van der Waals surface area contributed by atoms with Crippen LogP contribution in [0.25, 0.3) is 10.2 Å². The number of aromatic nitrogens is 1. The fourth-order valence-electron chi connectivity index (χ4n) is 3.57. The Morgan fingerprint density at radius 2 is 1.75 bits per heavy atom. The molecule has 0 fully saturated rings. The first-order chi connectivity index (χ1) is 15.7. The minimum absolute atomic E-state index is 0.0638. The summed E-state index contributed by atoms with van der Waals surface area (Å²) in [6.07, 6.45) is 3.02. The quantitative estimate of drug-likeness (QED) is 0.264. The van der Waals surface area contributed by atoms with Gasteiger partial charge in [-0.15, -0.1) is 0 Å². The normalized spacial score (nSPS) is 10.9. The number of ether oxygens (including phenoxy) is 1. The van der Waals surface area contributed by atoms with Crippen LogP contribution in [0.4, 0.5) is 5.13 Å². The van der Waals surface area contributed by atoms with E-state index in [0.717, 1.165) is 45.9 Å². The maximum atomic E-state index is 13.6. The Hall–Kier alpha value is -3.18. The molecular weight excluding hydrogens is 416 g/mol. The van der Waals surface area contributed by atoms with Crippen molar-refractivity contribution in [3.05, 3.63) is 89.5 Å². The Kier molecular flexibility index (Phi) is 7.17. The van der Waals surface area contributed by atoms with Gasteiger partial charge in [-0.1, -0.05) is 74.1 Å². The summed E-state index contributed by atoms with van der Waals surface area (Å²) >= 11 is 1.56. The van der Waals surface area contributed by atoms with Gasteiger partial charge < -0.3 is 4.74 Å². The van der Waals surface area contributed by atoms with Crippen LogP contribution in [-0.4, -0.2) is 17.5 Å². The predicted molar refractivity (Wildman–Crippen MR) is 133 cm³/mol. The van der Waals surface area contributed by atoms with E-state index in [1.807, 2.05) is 54.6 Å². The molecule has 0 atom stereocenters. The van der Waals surface area contributed by atoms with Gasteiger partial charge in [-0.2, -0.15) is 0 Å². The molecule has 32 heavy (non-hydrogen) atoms. The van der Waals surface area contributed by atoms with Crippen LogP contribution in [0.15, 0.2) is 72.8 Å². The molecule has 0 unspecified atom stereocenters. The topological polar surface area (TPSA) is 42.4 Å². The van der Waals surface area contributed by atoms with Gasteiger partial charge in [0.2, 0.25) is 0 Å². The molecule has 4 aromatic rings. The number of thiazole rings is 1. The number of aryl methyl sites for hydroxylation is 1. The number of nitrogens with zero attached hydrogens (tertiary/aromatic N) is 2. The molecule has 0 bridgehead atoms. The molecule has 0 spiro atoms. The molecule has 4 nitrogen and oxygen atoms in total. The third kappa shape index (κ3) is 5.00. The van der Waals surface area contributed by atoms with Gasteiger partial charge in [-0.05, 0) is 54.3 Å². The molecule has 1 amide bonds.